The van der Waals surface area contributed by atoms with Gasteiger partial charge in [0, 0.05) is 0 Å². The number of hydrogen-bond acceptors (Lipinski definition) is 0. The van der Waals surface area contributed by atoms with Crippen molar-refractivity contribution >= 4 is 48.5 Å². The van der Waals surface area contributed by atoms with Gasteiger partial charge in [0.05, 0.1) is 0 Å². The molecule has 9 aromatic carbocycles. The Morgan fingerprint density at radius 2 is 1.00 bits per heavy atom. The van der Waals surface area contributed by atoms with E-state index in [2.05, 4.69) is 218 Å². The van der Waals surface area contributed by atoms with E-state index in [0.717, 1.165) is 0 Å². The molecule has 0 aliphatic heterocycles. The standard InChI is InChI=1S/C30H21.C22H25.C2H6Si.2ClH.Zr/c1-20-16-23-18-24(27-14-6-10-21-8-2-4-12-25(21)27)19-30(29(23)17-20)28-15-7-11-22-9-3-5-13-26(22)28;1-15(2)18-13-17-7-6-8-20(21(17)14-18)16-9-11-19(12-10-16)22(3,4)5;1-3-2;;;/h2-19H,1H3;6-15H,1-5H3;1-2H3;2*1H;/q2*-1;;;;+2/p-2. The van der Waals surface area contributed by atoms with E-state index >= 15 is 0 Å². The van der Waals surface area contributed by atoms with Crippen LogP contribution in [0.5, 0.6) is 0 Å². The SMILES string of the molecule is CC(C)c1cc2c(-c3ccc(C(C)(C)C)cc3)cccc2[cH-]1.C[Si](C)=[Zr+2].Cc1cc2c(-c3cccc4ccccc34)cc(-c3cccc4ccccc34)cc2[cH-]1.[Cl-].[Cl-]. The summed E-state index contributed by atoms with van der Waals surface area (Å²) in [5.41, 5.74) is 12.3. The van der Waals surface area contributed by atoms with Gasteiger partial charge in [-0.15, -0.1) is 63.0 Å². The first-order valence-electron chi connectivity index (χ1n) is 19.9. The van der Waals surface area contributed by atoms with Gasteiger partial charge in [0.1, 0.15) is 0 Å². The summed E-state index contributed by atoms with van der Waals surface area (Å²) in [5, 5.41) is 10.5. The van der Waals surface area contributed by atoms with Crippen LogP contribution in [0.25, 0.3) is 76.5 Å². The molecule has 0 aromatic heterocycles. The van der Waals surface area contributed by atoms with E-state index in [9.17, 15) is 0 Å². The Labute approximate surface area is 373 Å². The van der Waals surface area contributed by atoms with Gasteiger partial charge in [-0.1, -0.05) is 180 Å². The minimum absolute atomic E-state index is 0. The van der Waals surface area contributed by atoms with Gasteiger partial charge in [0.25, 0.3) is 0 Å². The molecule has 0 unspecified atom stereocenters. The average molecular weight is 891 g/mol. The molecule has 9 aromatic rings. The molecule has 0 saturated heterocycles. The van der Waals surface area contributed by atoms with Crippen molar-refractivity contribution in [3.8, 4) is 33.4 Å². The molecule has 0 bridgehead atoms. The number of rotatable bonds is 4. The first-order valence-corrected chi connectivity index (χ1v) is 26.1. The van der Waals surface area contributed by atoms with Crippen molar-refractivity contribution in [1.29, 1.82) is 0 Å². The predicted octanol–water partition coefficient (Wildman–Crippen LogP) is 9.95. The van der Waals surface area contributed by atoms with Gasteiger partial charge in [0.15, 0.2) is 0 Å². The van der Waals surface area contributed by atoms with Crippen LogP contribution in [0.3, 0.4) is 0 Å². The smallest absolute Gasteiger partial charge is 0.0114 e. The number of fused-ring (bicyclic) bond motifs is 4. The molecular weight excluding hydrogens is 839 g/mol. The summed E-state index contributed by atoms with van der Waals surface area (Å²) in [6, 6.07) is 60.2. The number of benzene rings is 7. The molecule has 4 heteroatoms. The Bertz CT molecular complexity index is 2800. The van der Waals surface area contributed by atoms with Gasteiger partial charge in [-0.25, -0.2) is 0 Å². The van der Waals surface area contributed by atoms with Gasteiger partial charge in [-0.05, 0) is 55.1 Å². The van der Waals surface area contributed by atoms with Crippen LogP contribution in [0.2, 0.25) is 13.1 Å². The van der Waals surface area contributed by atoms with E-state index < -0.39 is 0 Å². The van der Waals surface area contributed by atoms with Gasteiger partial charge in [0.2, 0.25) is 0 Å². The van der Waals surface area contributed by atoms with Crippen LogP contribution < -0.4 is 24.8 Å². The third-order valence-electron chi connectivity index (χ3n) is 10.6. The molecule has 0 amide bonds. The third kappa shape index (κ3) is 10.0. The summed E-state index contributed by atoms with van der Waals surface area (Å²) >= 11 is 1.74. The van der Waals surface area contributed by atoms with E-state index in [-0.39, 0.29) is 35.7 Å². The zero-order chi connectivity index (χ0) is 39.6. The van der Waals surface area contributed by atoms with E-state index in [4.69, 9.17) is 0 Å². The molecule has 0 atom stereocenters. The van der Waals surface area contributed by atoms with E-state index in [1.54, 1.807) is 23.3 Å². The van der Waals surface area contributed by atoms with Crippen molar-refractivity contribution in [2.75, 3.05) is 0 Å². The van der Waals surface area contributed by atoms with Crippen LogP contribution in [0.15, 0.2) is 164 Å². The Balaban J connectivity index is 0.000000204. The minimum Gasteiger partial charge on any atom is -1.00 e. The largest absolute Gasteiger partial charge is 1.00 e. The van der Waals surface area contributed by atoms with Crippen LogP contribution in [0.1, 0.15) is 57.2 Å². The van der Waals surface area contributed by atoms with Crippen molar-refractivity contribution in [3.05, 3.63) is 180 Å². The predicted molar refractivity (Wildman–Crippen MR) is 245 cm³/mol. The zero-order valence-electron chi connectivity index (χ0n) is 34.9. The van der Waals surface area contributed by atoms with Crippen molar-refractivity contribution in [2.24, 2.45) is 0 Å². The second kappa shape index (κ2) is 19.4. The molecule has 58 heavy (non-hydrogen) atoms. The molecule has 0 aliphatic rings. The molecule has 9 rings (SSSR count). The topological polar surface area (TPSA) is 0 Å². The summed E-state index contributed by atoms with van der Waals surface area (Å²) < 4.78 is 0. The van der Waals surface area contributed by atoms with Crippen molar-refractivity contribution < 1.29 is 48.1 Å². The number of aryl methyl sites for hydroxylation is 1. The van der Waals surface area contributed by atoms with Gasteiger partial charge < -0.3 is 24.8 Å². The van der Waals surface area contributed by atoms with Crippen LogP contribution in [0.4, 0.5) is 0 Å². The summed E-state index contributed by atoms with van der Waals surface area (Å²) in [4.78, 5) is 0. The molecular formula is C54H52Cl2SiZr-2. The quantitative estimate of drug-likeness (QED) is 0.122. The maximum atomic E-state index is 2.38. The fraction of sp³-hybridized carbons (Fsp3) is 0.185. The second-order valence-corrected chi connectivity index (χ2v) is 26.1. The molecule has 0 fully saturated rings. The van der Waals surface area contributed by atoms with Crippen LogP contribution in [-0.2, 0) is 28.8 Å². The molecule has 0 N–H and O–H groups in total. The minimum atomic E-state index is 0. The van der Waals surface area contributed by atoms with Crippen molar-refractivity contribution in [1.82, 2.24) is 0 Å². The summed E-state index contributed by atoms with van der Waals surface area (Å²) in [5.74, 6) is 0.573. The Morgan fingerprint density at radius 3 is 1.59 bits per heavy atom. The monoisotopic (exact) mass is 888 g/mol. The molecule has 0 radical (unpaired) electrons. The van der Waals surface area contributed by atoms with Gasteiger partial charge >= 0.3 is 41.9 Å². The molecule has 0 saturated carbocycles. The normalized spacial score (nSPS) is 11.1. The Hall–Kier alpha value is -4.04. The molecule has 292 valence electrons. The number of halogens is 2. The molecule has 0 aliphatic carbocycles. The van der Waals surface area contributed by atoms with Crippen LogP contribution >= 0.6 is 0 Å². The zero-order valence-corrected chi connectivity index (χ0v) is 39.9. The molecule has 0 nitrogen and oxygen atoms in total. The van der Waals surface area contributed by atoms with Crippen molar-refractivity contribution in [2.45, 2.75) is 66.0 Å². The van der Waals surface area contributed by atoms with Gasteiger partial charge in [-0.3, -0.25) is 0 Å². The fourth-order valence-electron chi connectivity index (χ4n) is 7.78. The van der Waals surface area contributed by atoms with E-state index in [1.165, 1.54) is 93.2 Å². The molecule has 0 heterocycles. The van der Waals surface area contributed by atoms with Gasteiger partial charge in [-0.2, -0.15) is 12.1 Å². The Morgan fingerprint density at radius 1 is 0.500 bits per heavy atom. The fourth-order valence-corrected chi connectivity index (χ4v) is 7.78. The van der Waals surface area contributed by atoms with E-state index in [0.29, 0.717) is 5.92 Å². The maximum absolute atomic E-state index is 2.38. The maximum Gasteiger partial charge on any atom is -0.0114 e. The average Bonchev–Trinajstić information content (AvgIpc) is 3.80. The summed E-state index contributed by atoms with van der Waals surface area (Å²) in [6.45, 7) is 18.1. The van der Waals surface area contributed by atoms with Crippen molar-refractivity contribution in [3.63, 3.8) is 0 Å². The summed E-state index contributed by atoms with van der Waals surface area (Å²) in [6.07, 6.45) is 0. The second-order valence-electron chi connectivity index (χ2n) is 16.7. The number of hydrogen-bond donors (Lipinski definition) is 0. The molecule has 0 spiro atoms. The third-order valence-corrected chi connectivity index (χ3v) is 10.6. The first kappa shape index (κ1) is 45.1. The van der Waals surface area contributed by atoms with Crippen LogP contribution in [-0.4, -0.2) is 5.43 Å². The Kier molecular flexibility index (Phi) is 15.0. The first-order chi connectivity index (χ1) is 26.9. The summed E-state index contributed by atoms with van der Waals surface area (Å²) in [7, 11) is 0. The van der Waals surface area contributed by atoms with Crippen LogP contribution in [0, 0.1) is 6.92 Å². The van der Waals surface area contributed by atoms with E-state index in [1.807, 2.05) is 0 Å².